The van der Waals surface area contributed by atoms with Crippen LogP contribution in [0.3, 0.4) is 0 Å². The Balaban J connectivity index is 1.72. The molecule has 0 aromatic heterocycles. The molecule has 6 heteroatoms. The van der Waals surface area contributed by atoms with E-state index in [0.717, 1.165) is 30.5 Å². The predicted octanol–water partition coefficient (Wildman–Crippen LogP) is 5.11. The number of benzene rings is 2. The number of amides is 3. The average Bonchev–Trinajstić information content (AvgIpc) is 2.64. The summed E-state index contributed by atoms with van der Waals surface area (Å²) in [6, 6.07) is 14.2. The van der Waals surface area contributed by atoms with Gasteiger partial charge in [0.25, 0.3) is 0 Å². The standard InChI is InChI=1S/C21H24ClN3O2/c1-15-8-10-17(11-9-15)23-19(26)21(12-3-2-4-13-21)25-20(27)24-18-7-5-6-16(22)14-18/h5-11,14H,2-4,12-13H2,1H3,(H,23,26)(H2,24,25,27). The number of halogens is 1. The fourth-order valence-electron chi connectivity index (χ4n) is 3.40. The maximum absolute atomic E-state index is 13.0. The van der Waals surface area contributed by atoms with Gasteiger partial charge in [-0.15, -0.1) is 0 Å². The Bertz CT molecular complexity index is 814. The molecule has 0 saturated heterocycles. The van der Waals surface area contributed by atoms with Crippen molar-refractivity contribution in [2.75, 3.05) is 10.6 Å². The van der Waals surface area contributed by atoms with Gasteiger partial charge in [-0.25, -0.2) is 4.79 Å². The minimum Gasteiger partial charge on any atom is -0.324 e. The lowest BCUT2D eigenvalue weighted by Crippen LogP contribution is -2.58. The van der Waals surface area contributed by atoms with Crippen LogP contribution >= 0.6 is 11.6 Å². The number of nitrogens with one attached hydrogen (secondary N) is 3. The highest BCUT2D eigenvalue weighted by Crippen LogP contribution is 2.30. The summed E-state index contributed by atoms with van der Waals surface area (Å²) in [5.41, 5.74) is 1.53. The molecular formula is C21H24ClN3O2. The molecule has 5 nitrogen and oxygen atoms in total. The van der Waals surface area contributed by atoms with Gasteiger partial charge >= 0.3 is 6.03 Å². The molecule has 27 heavy (non-hydrogen) atoms. The summed E-state index contributed by atoms with van der Waals surface area (Å²) in [7, 11) is 0. The second-order valence-corrected chi connectivity index (χ2v) is 7.49. The number of aryl methyl sites for hydroxylation is 1. The number of carbonyl (C=O) groups excluding carboxylic acids is 2. The van der Waals surface area contributed by atoms with Crippen LogP contribution in [0.2, 0.25) is 5.02 Å². The molecule has 0 aliphatic heterocycles. The van der Waals surface area contributed by atoms with Crippen molar-refractivity contribution in [2.24, 2.45) is 0 Å². The van der Waals surface area contributed by atoms with Gasteiger partial charge in [0.15, 0.2) is 0 Å². The first kappa shape index (κ1) is 19.2. The van der Waals surface area contributed by atoms with E-state index < -0.39 is 11.6 Å². The lowest BCUT2D eigenvalue weighted by Gasteiger charge is -2.36. The molecule has 2 aromatic rings. The Morgan fingerprint density at radius 1 is 0.926 bits per heavy atom. The summed E-state index contributed by atoms with van der Waals surface area (Å²) in [6.45, 7) is 2.00. The maximum atomic E-state index is 13.0. The molecular weight excluding hydrogens is 362 g/mol. The first-order valence-electron chi connectivity index (χ1n) is 9.20. The molecule has 0 spiro atoms. The highest BCUT2D eigenvalue weighted by molar-refractivity contribution is 6.30. The van der Waals surface area contributed by atoms with E-state index in [1.807, 2.05) is 31.2 Å². The van der Waals surface area contributed by atoms with Gasteiger partial charge in [-0.05, 0) is 50.1 Å². The summed E-state index contributed by atoms with van der Waals surface area (Å²) < 4.78 is 0. The third kappa shape index (κ3) is 5.01. The molecule has 0 heterocycles. The molecule has 3 N–H and O–H groups in total. The van der Waals surface area contributed by atoms with E-state index in [1.54, 1.807) is 24.3 Å². The van der Waals surface area contributed by atoms with Crippen molar-refractivity contribution in [1.82, 2.24) is 5.32 Å². The first-order chi connectivity index (χ1) is 13.0. The van der Waals surface area contributed by atoms with Crippen LogP contribution in [0.15, 0.2) is 48.5 Å². The van der Waals surface area contributed by atoms with E-state index in [9.17, 15) is 9.59 Å². The minimum atomic E-state index is -0.911. The highest BCUT2D eigenvalue weighted by atomic mass is 35.5. The average molecular weight is 386 g/mol. The summed E-state index contributed by atoms with van der Waals surface area (Å²) in [4.78, 5) is 25.6. The van der Waals surface area contributed by atoms with Crippen LogP contribution < -0.4 is 16.0 Å². The van der Waals surface area contributed by atoms with Crippen LogP contribution in [0.1, 0.15) is 37.7 Å². The zero-order valence-electron chi connectivity index (χ0n) is 15.3. The van der Waals surface area contributed by atoms with Crippen molar-refractivity contribution in [3.8, 4) is 0 Å². The summed E-state index contributed by atoms with van der Waals surface area (Å²) >= 11 is 5.96. The van der Waals surface area contributed by atoms with E-state index >= 15 is 0 Å². The molecule has 142 valence electrons. The zero-order valence-corrected chi connectivity index (χ0v) is 16.1. The monoisotopic (exact) mass is 385 g/mol. The Labute approximate surface area is 164 Å². The second-order valence-electron chi connectivity index (χ2n) is 7.05. The van der Waals surface area contributed by atoms with Crippen molar-refractivity contribution >= 4 is 34.9 Å². The van der Waals surface area contributed by atoms with Crippen molar-refractivity contribution < 1.29 is 9.59 Å². The summed E-state index contributed by atoms with van der Waals surface area (Å²) in [5.74, 6) is -0.174. The van der Waals surface area contributed by atoms with Crippen LogP contribution in [0.25, 0.3) is 0 Å². The number of hydrogen-bond acceptors (Lipinski definition) is 2. The second kappa shape index (κ2) is 8.44. The van der Waals surface area contributed by atoms with Gasteiger partial charge < -0.3 is 16.0 Å². The highest BCUT2D eigenvalue weighted by Gasteiger charge is 2.41. The summed E-state index contributed by atoms with van der Waals surface area (Å²) in [5, 5.41) is 9.19. The van der Waals surface area contributed by atoms with Gasteiger partial charge in [0.2, 0.25) is 5.91 Å². The van der Waals surface area contributed by atoms with E-state index in [0.29, 0.717) is 23.6 Å². The van der Waals surface area contributed by atoms with Gasteiger partial charge in [-0.3, -0.25) is 4.79 Å². The number of urea groups is 1. The maximum Gasteiger partial charge on any atom is 0.320 e. The first-order valence-corrected chi connectivity index (χ1v) is 9.58. The third-order valence-electron chi connectivity index (χ3n) is 4.89. The van der Waals surface area contributed by atoms with Crippen LogP contribution in [0.5, 0.6) is 0 Å². The summed E-state index contributed by atoms with van der Waals surface area (Å²) in [6.07, 6.45) is 4.11. The van der Waals surface area contributed by atoms with Gasteiger partial charge in [0.1, 0.15) is 5.54 Å². The molecule has 0 radical (unpaired) electrons. The Morgan fingerprint density at radius 3 is 2.30 bits per heavy atom. The number of hydrogen-bond donors (Lipinski definition) is 3. The largest absolute Gasteiger partial charge is 0.324 e. The molecule has 0 bridgehead atoms. The predicted molar refractivity (Wildman–Crippen MR) is 109 cm³/mol. The molecule has 2 aromatic carbocycles. The quantitative estimate of drug-likeness (QED) is 0.684. The molecule has 1 aliphatic rings. The van der Waals surface area contributed by atoms with E-state index in [1.165, 1.54) is 0 Å². The van der Waals surface area contributed by atoms with Gasteiger partial charge in [0, 0.05) is 16.4 Å². The van der Waals surface area contributed by atoms with E-state index in [-0.39, 0.29) is 5.91 Å². The van der Waals surface area contributed by atoms with E-state index in [4.69, 9.17) is 11.6 Å². The molecule has 3 rings (SSSR count). The van der Waals surface area contributed by atoms with Crippen molar-refractivity contribution in [1.29, 1.82) is 0 Å². The van der Waals surface area contributed by atoms with Crippen molar-refractivity contribution in [3.63, 3.8) is 0 Å². The molecule has 1 aliphatic carbocycles. The minimum absolute atomic E-state index is 0.174. The molecule has 0 atom stereocenters. The molecule has 1 fully saturated rings. The van der Waals surface area contributed by atoms with Gasteiger partial charge in [-0.1, -0.05) is 54.6 Å². The topological polar surface area (TPSA) is 70.2 Å². The number of rotatable bonds is 4. The fraction of sp³-hybridized carbons (Fsp3) is 0.333. The van der Waals surface area contributed by atoms with Gasteiger partial charge in [-0.2, -0.15) is 0 Å². The molecule has 0 unspecified atom stereocenters. The third-order valence-corrected chi connectivity index (χ3v) is 5.12. The lowest BCUT2D eigenvalue weighted by atomic mass is 9.81. The zero-order chi connectivity index (χ0) is 19.3. The number of carbonyl (C=O) groups is 2. The van der Waals surface area contributed by atoms with Crippen LogP contribution in [-0.4, -0.2) is 17.5 Å². The van der Waals surface area contributed by atoms with Crippen LogP contribution in [0, 0.1) is 6.92 Å². The SMILES string of the molecule is Cc1ccc(NC(=O)C2(NC(=O)Nc3cccc(Cl)c3)CCCCC2)cc1. The van der Waals surface area contributed by atoms with Gasteiger partial charge in [0.05, 0.1) is 0 Å². The Kier molecular flexibility index (Phi) is 6.01. The normalized spacial score (nSPS) is 15.6. The number of anilines is 2. The van der Waals surface area contributed by atoms with Crippen molar-refractivity contribution in [2.45, 2.75) is 44.6 Å². The van der Waals surface area contributed by atoms with Crippen molar-refractivity contribution in [3.05, 3.63) is 59.1 Å². The van der Waals surface area contributed by atoms with Crippen LogP contribution in [0.4, 0.5) is 16.2 Å². The smallest absolute Gasteiger partial charge is 0.320 e. The Hall–Kier alpha value is -2.53. The Morgan fingerprint density at radius 2 is 1.63 bits per heavy atom. The molecule has 3 amide bonds. The lowest BCUT2D eigenvalue weighted by molar-refractivity contribution is -0.123. The van der Waals surface area contributed by atoms with Crippen LogP contribution in [-0.2, 0) is 4.79 Å². The van der Waals surface area contributed by atoms with E-state index in [2.05, 4.69) is 16.0 Å². The fourth-order valence-corrected chi connectivity index (χ4v) is 3.59. The molecule has 1 saturated carbocycles.